The van der Waals surface area contributed by atoms with Gasteiger partial charge in [-0.1, -0.05) is 50.6 Å². The zero-order valence-corrected chi connectivity index (χ0v) is 27.1. The summed E-state index contributed by atoms with van der Waals surface area (Å²) in [5.74, 6) is 0.0525. The molecule has 3 aromatic rings. The molecule has 0 radical (unpaired) electrons. The molecule has 13 heteroatoms. The van der Waals surface area contributed by atoms with Crippen LogP contribution in [0.1, 0.15) is 50.8 Å². The van der Waals surface area contributed by atoms with E-state index in [0.717, 1.165) is 49.8 Å². The van der Waals surface area contributed by atoms with Gasteiger partial charge >= 0.3 is 11.9 Å². The van der Waals surface area contributed by atoms with Crippen molar-refractivity contribution in [2.45, 2.75) is 53.1 Å². The highest BCUT2D eigenvalue weighted by molar-refractivity contribution is 6.32. The Hall–Kier alpha value is -3.54. The number of ether oxygens (including phenoxy) is 3. The highest BCUT2D eigenvalue weighted by atomic mass is 35.5. The number of carbonyl (C=O) groups excluding carboxylic acids is 1. The molecular formula is C32H37Cl2F3N2O6. The fourth-order valence-corrected chi connectivity index (χ4v) is 4.63. The van der Waals surface area contributed by atoms with E-state index in [1.807, 2.05) is 0 Å². The average Bonchev–Trinajstić information content (AvgIpc) is 3.01. The van der Waals surface area contributed by atoms with E-state index in [4.69, 9.17) is 37.4 Å². The summed E-state index contributed by atoms with van der Waals surface area (Å²) in [5.41, 5.74) is 2.24. The van der Waals surface area contributed by atoms with Gasteiger partial charge in [-0.3, -0.25) is 14.9 Å². The lowest BCUT2D eigenvalue weighted by atomic mass is 10.0. The van der Waals surface area contributed by atoms with Gasteiger partial charge in [0, 0.05) is 25.3 Å². The van der Waals surface area contributed by atoms with Gasteiger partial charge in [-0.2, -0.15) is 13.2 Å². The summed E-state index contributed by atoms with van der Waals surface area (Å²) in [6.07, 6.45) is -1.75. The Morgan fingerprint density at radius 1 is 0.956 bits per heavy atom. The van der Waals surface area contributed by atoms with Gasteiger partial charge in [0.05, 0.1) is 34.4 Å². The predicted molar refractivity (Wildman–Crippen MR) is 170 cm³/mol. The second-order valence-corrected chi connectivity index (χ2v) is 10.2. The standard InChI is InChI=1S/C17H26ClNO2.C15H11ClF3NO4/c1-4-11-21-12-10-19(16(20)13-18)17-14(5-2)8-7-9-15(17)6-3;1-2-23-14-8-10(4-5-12(14)20(21)22)24-13-6-3-9(7-11(13)16)15(17,18)19/h7-9H,4-6,10-13H2,1-3H3;3-8H,2H2,1H3. The molecule has 0 heterocycles. The first kappa shape index (κ1) is 37.6. The minimum absolute atomic E-state index is 0.00498. The molecule has 0 bridgehead atoms. The normalized spacial score (nSPS) is 11.0. The molecule has 0 saturated heterocycles. The van der Waals surface area contributed by atoms with Crippen molar-refractivity contribution in [3.8, 4) is 17.2 Å². The number of carbonyl (C=O) groups is 1. The van der Waals surface area contributed by atoms with E-state index < -0.39 is 16.7 Å². The van der Waals surface area contributed by atoms with Crippen LogP contribution in [0.15, 0.2) is 54.6 Å². The van der Waals surface area contributed by atoms with Gasteiger partial charge in [0.2, 0.25) is 11.7 Å². The lowest BCUT2D eigenvalue weighted by Gasteiger charge is -2.27. The van der Waals surface area contributed by atoms with Crippen molar-refractivity contribution in [1.29, 1.82) is 0 Å². The number of hydrogen-bond acceptors (Lipinski definition) is 6. The number of hydrogen-bond donors (Lipinski definition) is 0. The van der Waals surface area contributed by atoms with Crippen molar-refractivity contribution >= 4 is 40.5 Å². The smallest absolute Gasteiger partial charge is 0.416 e. The van der Waals surface area contributed by atoms with E-state index in [0.29, 0.717) is 13.2 Å². The highest BCUT2D eigenvalue weighted by Crippen LogP contribution is 2.38. The Labute approximate surface area is 271 Å². The Kier molecular flexibility index (Phi) is 15.4. The van der Waals surface area contributed by atoms with Crippen molar-refractivity contribution in [2.24, 2.45) is 0 Å². The van der Waals surface area contributed by atoms with Crippen LogP contribution >= 0.6 is 23.2 Å². The van der Waals surface area contributed by atoms with Crippen LogP contribution in [-0.4, -0.2) is 43.1 Å². The largest absolute Gasteiger partial charge is 0.487 e. The SMILES string of the molecule is CCCOCCN(C(=O)CCl)c1c(CC)cccc1CC.CCOc1cc(Oc2ccc(C(F)(F)F)cc2Cl)ccc1[N+](=O)[O-]. The molecule has 0 aromatic heterocycles. The maximum Gasteiger partial charge on any atom is 0.416 e. The average molecular weight is 674 g/mol. The van der Waals surface area contributed by atoms with Crippen LogP contribution in [0.2, 0.25) is 5.02 Å². The van der Waals surface area contributed by atoms with Gasteiger partial charge in [0.25, 0.3) is 0 Å². The molecule has 45 heavy (non-hydrogen) atoms. The first-order valence-electron chi connectivity index (χ1n) is 14.4. The summed E-state index contributed by atoms with van der Waals surface area (Å²) < 4.78 is 53.9. The summed E-state index contributed by atoms with van der Waals surface area (Å²) in [6, 6.07) is 12.6. The monoisotopic (exact) mass is 672 g/mol. The number of nitrogens with zero attached hydrogens (tertiary/aromatic N) is 2. The minimum atomic E-state index is -4.52. The summed E-state index contributed by atoms with van der Waals surface area (Å²) in [6.45, 7) is 9.95. The second-order valence-electron chi connectivity index (χ2n) is 9.49. The molecule has 8 nitrogen and oxygen atoms in total. The Morgan fingerprint density at radius 3 is 2.13 bits per heavy atom. The maximum absolute atomic E-state index is 12.6. The van der Waals surface area contributed by atoms with E-state index >= 15 is 0 Å². The Bertz CT molecular complexity index is 1400. The van der Waals surface area contributed by atoms with Gasteiger partial charge in [-0.15, -0.1) is 11.6 Å². The van der Waals surface area contributed by atoms with E-state index in [2.05, 4.69) is 39.0 Å². The zero-order chi connectivity index (χ0) is 33.6. The number of aryl methyl sites for hydroxylation is 2. The molecule has 3 rings (SSSR count). The predicted octanol–water partition coefficient (Wildman–Crippen LogP) is 9.27. The third-order valence-electron chi connectivity index (χ3n) is 6.37. The molecule has 0 spiro atoms. The number of anilines is 1. The summed E-state index contributed by atoms with van der Waals surface area (Å²) in [5, 5.41) is 10.7. The molecule has 0 aliphatic rings. The molecule has 0 unspecified atom stereocenters. The number of benzene rings is 3. The topological polar surface area (TPSA) is 91.1 Å². The molecule has 0 atom stereocenters. The van der Waals surface area contributed by atoms with Crippen LogP contribution in [-0.2, 0) is 28.5 Å². The maximum atomic E-state index is 12.6. The molecule has 0 N–H and O–H groups in total. The van der Waals surface area contributed by atoms with Crippen molar-refractivity contribution in [1.82, 2.24) is 0 Å². The number of rotatable bonds is 14. The summed E-state index contributed by atoms with van der Waals surface area (Å²) >= 11 is 11.6. The number of nitro groups is 1. The van der Waals surface area contributed by atoms with Crippen molar-refractivity contribution in [3.63, 3.8) is 0 Å². The van der Waals surface area contributed by atoms with Gasteiger partial charge in [-0.05, 0) is 61.6 Å². The second kappa shape index (κ2) is 18.4. The van der Waals surface area contributed by atoms with E-state index in [1.165, 1.54) is 29.3 Å². The quantitative estimate of drug-likeness (QED) is 0.0734. The molecule has 0 saturated carbocycles. The first-order chi connectivity index (χ1) is 21.4. The number of para-hydroxylation sites is 1. The summed E-state index contributed by atoms with van der Waals surface area (Å²) in [4.78, 5) is 24.3. The van der Waals surface area contributed by atoms with Crippen molar-refractivity contribution < 1.29 is 37.1 Å². The fraction of sp³-hybridized carbons (Fsp3) is 0.406. The lowest BCUT2D eigenvalue weighted by molar-refractivity contribution is -0.385. The number of alkyl halides is 4. The van der Waals surface area contributed by atoms with Gasteiger partial charge in [0.15, 0.2) is 0 Å². The first-order valence-corrected chi connectivity index (χ1v) is 15.3. The van der Waals surface area contributed by atoms with Crippen molar-refractivity contribution in [3.05, 3.63) is 86.4 Å². The van der Waals surface area contributed by atoms with Crippen LogP contribution in [0.25, 0.3) is 0 Å². The minimum Gasteiger partial charge on any atom is -0.487 e. The van der Waals surface area contributed by atoms with E-state index in [9.17, 15) is 28.1 Å². The van der Waals surface area contributed by atoms with Crippen LogP contribution in [0.4, 0.5) is 24.5 Å². The zero-order valence-electron chi connectivity index (χ0n) is 25.6. The van der Waals surface area contributed by atoms with Gasteiger partial charge < -0.3 is 19.1 Å². The lowest BCUT2D eigenvalue weighted by Crippen LogP contribution is -2.36. The third-order valence-corrected chi connectivity index (χ3v) is 6.90. The molecular weight excluding hydrogens is 636 g/mol. The molecule has 3 aromatic carbocycles. The van der Waals surface area contributed by atoms with Crippen LogP contribution in [0.5, 0.6) is 17.2 Å². The molecule has 0 aliphatic heterocycles. The van der Waals surface area contributed by atoms with Crippen LogP contribution in [0, 0.1) is 10.1 Å². The number of nitro benzene ring substituents is 1. The number of amides is 1. The Morgan fingerprint density at radius 2 is 1.62 bits per heavy atom. The molecule has 1 amide bonds. The van der Waals surface area contributed by atoms with Crippen molar-refractivity contribution in [2.75, 3.05) is 37.1 Å². The van der Waals surface area contributed by atoms with Gasteiger partial charge in [-0.25, -0.2) is 0 Å². The van der Waals surface area contributed by atoms with Crippen LogP contribution in [0.3, 0.4) is 0 Å². The fourth-order valence-electron chi connectivity index (χ4n) is 4.26. The molecule has 246 valence electrons. The molecule has 0 aliphatic carbocycles. The van der Waals surface area contributed by atoms with E-state index in [-0.39, 0.29) is 46.4 Å². The number of halogens is 5. The van der Waals surface area contributed by atoms with Gasteiger partial charge in [0.1, 0.15) is 17.4 Å². The van der Waals surface area contributed by atoms with E-state index in [1.54, 1.807) is 11.8 Å². The third kappa shape index (κ3) is 11.1. The van der Waals surface area contributed by atoms with Crippen LogP contribution < -0.4 is 14.4 Å². The Balaban J connectivity index is 0.000000317. The summed E-state index contributed by atoms with van der Waals surface area (Å²) in [7, 11) is 0. The highest BCUT2D eigenvalue weighted by Gasteiger charge is 2.31. The molecule has 0 fully saturated rings.